The largest absolute Gasteiger partial charge is 0.396 e. The van der Waals surface area contributed by atoms with Crippen LogP contribution in [0.1, 0.15) is 31.2 Å². The van der Waals surface area contributed by atoms with Crippen LogP contribution in [0.2, 0.25) is 0 Å². The summed E-state index contributed by atoms with van der Waals surface area (Å²) < 4.78 is 0. The van der Waals surface area contributed by atoms with Gasteiger partial charge in [-0.1, -0.05) is 54.6 Å². The van der Waals surface area contributed by atoms with Gasteiger partial charge in [-0.3, -0.25) is 4.79 Å². The van der Waals surface area contributed by atoms with Crippen molar-refractivity contribution in [3.63, 3.8) is 0 Å². The Bertz CT molecular complexity index is 673. The lowest BCUT2D eigenvalue weighted by molar-refractivity contribution is -0.132. The predicted octanol–water partition coefficient (Wildman–Crippen LogP) is 3.91. The quantitative estimate of drug-likeness (QED) is 0.899. The van der Waals surface area contributed by atoms with Gasteiger partial charge in [0.1, 0.15) is 0 Å². The van der Waals surface area contributed by atoms with Gasteiger partial charge in [-0.25, -0.2) is 0 Å². The van der Waals surface area contributed by atoms with Crippen LogP contribution in [0.3, 0.4) is 0 Å². The van der Waals surface area contributed by atoms with Gasteiger partial charge < -0.3 is 10.0 Å². The fourth-order valence-electron chi connectivity index (χ4n) is 3.66. The van der Waals surface area contributed by atoms with Crippen molar-refractivity contribution in [2.24, 2.45) is 5.92 Å². The van der Waals surface area contributed by atoms with E-state index in [1.807, 2.05) is 30.1 Å². The zero-order valence-corrected chi connectivity index (χ0v) is 14.9. The number of hydrogen-bond donors (Lipinski definition) is 1. The normalized spacial score (nSPS) is 20.2. The average molecular weight is 337 g/mol. The lowest BCUT2D eigenvalue weighted by Gasteiger charge is -2.34. The molecular formula is C22H27NO2. The second-order valence-electron chi connectivity index (χ2n) is 7.10. The molecule has 3 nitrogen and oxygen atoms in total. The predicted molar refractivity (Wildman–Crippen MR) is 101 cm³/mol. The lowest BCUT2D eigenvalue weighted by atomic mass is 9.86. The molecule has 0 radical (unpaired) electrons. The Morgan fingerprint density at radius 2 is 1.56 bits per heavy atom. The van der Waals surface area contributed by atoms with E-state index in [4.69, 9.17) is 0 Å². The summed E-state index contributed by atoms with van der Waals surface area (Å²) in [6, 6.07) is 18.9. The minimum atomic E-state index is 0.180. The van der Waals surface area contributed by atoms with E-state index in [1.165, 1.54) is 11.1 Å². The van der Waals surface area contributed by atoms with E-state index in [-0.39, 0.29) is 12.5 Å². The maximum absolute atomic E-state index is 12.6. The van der Waals surface area contributed by atoms with Crippen molar-refractivity contribution >= 4 is 5.91 Å². The molecule has 1 amide bonds. The Balaban J connectivity index is 1.57. The lowest BCUT2D eigenvalue weighted by Crippen LogP contribution is -2.40. The molecule has 3 heteroatoms. The number of hydrogen-bond acceptors (Lipinski definition) is 2. The summed E-state index contributed by atoms with van der Waals surface area (Å²) in [5.74, 6) is 0.602. The van der Waals surface area contributed by atoms with Gasteiger partial charge in [-0.15, -0.1) is 0 Å². The molecule has 1 saturated carbocycles. The van der Waals surface area contributed by atoms with E-state index in [2.05, 4.69) is 36.4 Å². The van der Waals surface area contributed by atoms with Gasteiger partial charge in [-0.05, 0) is 48.3 Å². The van der Waals surface area contributed by atoms with Gasteiger partial charge in [0.05, 0.1) is 6.42 Å². The maximum Gasteiger partial charge on any atom is 0.226 e. The van der Waals surface area contributed by atoms with Gasteiger partial charge in [0.2, 0.25) is 5.91 Å². The van der Waals surface area contributed by atoms with Crippen LogP contribution < -0.4 is 0 Å². The van der Waals surface area contributed by atoms with Crippen LogP contribution in [0.4, 0.5) is 0 Å². The summed E-state index contributed by atoms with van der Waals surface area (Å²) in [4.78, 5) is 14.5. The summed E-state index contributed by atoms with van der Waals surface area (Å²) in [5.41, 5.74) is 3.42. The second kappa shape index (κ2) is 8.30. The molecule has 1 aliphatic carbocycles. The van der Waals surface area contributed by atoms with E-state index in [9.17, 15) is 9.90 Å². The van der Waals surface area contributed by atoms with Crippen molar-refractivity contribution < 1.29 is 9.90 Å². The molecule has 2 aromatic carbocycles. The Morgan fingerprint density at radius 1 is 0.960 bits per heavy atom. The molecule has 0 saturated heterocycles. The highest BCUT2D eigenvalue weighted by Gasteiger charge is 2.26. The Labute approximate surface area is 150 Å². The van der Waals surface area contributed by atoms with Crippen LogP contribution in [0.25, 0.3) is 11.1 Å². The highest BCUT2D eigenvalue weighted by Crippen LogP contribution is 2.27. The molecular weight excluding hydrogens is 310 g/mol. The summed E-state index contributed by atoms with van der Waals surface area (Å²) in [6.45, 7) is 0.276. The minimum absolute atomic E-state index is 0.180. The number of likely N-dealkylation sites (N-methyl/N-ethyl adjacent to an activating group) is 1. The number of nitrogens with zero attached hydrogens (tertiary/aromatic N) is 1. The number of benzene rings is 2. The third kappa shape index (κ3) is 4.49. The molecule has 0 bridgehead atoms. The molecule has 0 unspecified atom stereocenters. The molecule has 3 rings (SSSR count). The first-order chi connectivity index (χ1) is 12.2. The topological polar surface area (TPSA) is 40.5 Å². The third-order valence-electron chi connectivity index (χ3n) is 5.43. The van der Waals surface area contributed by atoms with Crippen molar-refractivity contribution in [3.8, 4) is 11.1 Å². The van der Waals surface area contributed by atoms with Crippen LogP contribution in [-0.4, -0.2) is 35.6 Å². The number of carbonyl (C=O) groups excluding carboxylic acids is 1. The average Bonchev–Trinajstić information content (AvgIpc) is 2.68. The second-order valence-corrected chi connectivity index (χ2v) is 7.10. The van der Waals surface area contributed by atoms with E-state index >= 15 is 0 Å². The number of aliphatic hydroxyl groups excluding tert-OH is 1. The molecule has 0 aliphatic heterocycles. The molecule has 2 aromatic rings. The van der Waals surface area contributed by atoms with Gasteiger partial charge in [0.15, 0.2) is 0 Å². The molecule has 0 heterocycles. The van der Waals surface area contributed by atoms with Crippen molar-refractivity contribution in [1.29, 1.82) is 0 Å². The van der Waals surface area contributed by atoms with Crippen molar-refractivity contribution in [1.82, 2.24) is 4.90 Å². The first kappa shape index (κ1) is 17.7. The van der Waals surface area contributed by atoms with Crippen molar-refractivity contribution in [2.45, 2.75) is 38.1 Å². The third-order valence-corrected chi connectivity index (χ3v) is 5.43. The smallest absolute Gasteiger partial charge is 0.226 e. The van der Waals surface area contributed by atoms with Crippen LogP contribution in [-0.2, 0) is 11.2 Å². The Morgan fingerprint density at radius 3 is 2.16 bits per heavy atom. The van der Waals surface area contributed by atoms with Gasteiger partial charge in [0, 0.05) is 19.7 Å². The van der Waals surface area contributed by atoms with Gasteiger partial charge >= 0.3 is 0 Å². The molecule has 25 heavy (non-hydrogen) atoms. The summed E-state index contributed by atoms with van der Waals surface area (Å²) in [7, 11) is 1.92. The Kier molecular flexibility index (Phi) is 5.87. The summed E-state index contributed by atoms with van der Waals surface area (Å²) in [6.07, 6.45) is 4.49. The van der Waals surface area contributed by atoms with E-state index in [1.54, 1.807) is 0 Å². The Hall–Kier alpha value is -2.13. The van der Waals surface area contributed by atoms with Crippen LogP contribution in [0, 0.1) is 5.92 Å². The number of rotatable bonds is 5. The number of amides is 1. The van der Waals surface area contributed by atoms with Crippen molar-refractivity contribution in [3.05, 3.63) is 60.2 Å². The van der Waals surface area contributed by atoms with E-state index in [0.29, 0.717) is 18.4 Å². The van der Waals surface area contributed by atoms with E-state index in [0.717, 1.165) is 31.2 Å². The standard InChI is InChI=1S/C22H27NO2/c1-23(21-13-9-18(16-24)10-14-21)22(25)15-17-7-11-20(12-8-17)19-5-3-2-4-6-19/h2-8,11-12,18,21,24H,9-10,13-16H2,1H3. The molecule has 132 valence electrons. The van der Waals surface area contributed by atoms with Crippen molar-refractivity contribution in [2.75, 3.05) is 13.7 Å². The minimum Gasteiger partial charge on any atom is -0.396 e. The molecule has 0 aromatic heterocycles. The fourth-order valence-corrected chi connectivity index (χ4v) is 3.66. The SMILES string of the molecule is CN(C(=O)Cc1ccc(-c2ccccc2)cc1)C1CCC(CO)CC1. The summed E-state index contributed by atoms with van der Waals surface area (Å²) in [5, 5.41) is 9.24. The van der Waals surface area contributed by atoms with Gasteiger partial charge in [-0.2, -0.15) is 0 Å². The fraction of sp³-hybridized carbons (Fsp3) is 0.409. The highest BCUT2D eigenvalue weighted by molar-refractivity contribution is 5.79. The number of carbonyl (C=O) groups is 1. The van der Waals surface area contributed by atoms with Crippen LogP contribution in [0.15, 0.2) is 54.6 Å². The maximum atomic E-state index is 12.6. The zero-order chi connectivity index (χ0) is 17.6. The highest BCUT2D eigenvalue weighted by atomic mass is 16.3. The summed E-state index contributed by atoms with van der Waals surface area (Å²) >= 11 is 0. The zero-order valence-electron chi connectivity index (χ0n) is 14.9. The van der Waals surface area contributed by atoms with Gasteiger partial charge in [0.25, 0.3) is 0 Å². The first-order valence-electron chi connectivity index (χ1n) is 9.18. The monoisotopic (exact) mass is 337 g/mol. The van der Waals surface area contributed by atoms with Crippen LogP contribution in [0.5, 0.6) is 0 Å². The van der Waals surface area contributed by atoms with Crippen LogP contribution >= 0.6 is 0 Å². The molecule has 0 atom stereocenters. The molecule has 1 N–H and O–H groups in total. The number of aliphatic hydroxyl groups is 1. The molecule has 1 fully saturated rings. The van der Waals surface area contributed by atoms with E-state index < -0.39 is 0 Å². The molecule has 1 aliphatic rings. The first-order valence-corrected chi connectivity index (χ1v) is 9.18. The molecule has 0 spiro atoms.